The van der Waals surface area contributed by atoms with E-state index in [1.54, 1.807) is 4.90 Å². The number of piperidine rings is 1. The van der Waals surface area contributed by atoms with E-state index in [1.165, 1.54) is 0 Å². The largest absolute Gasteiger partial charge is 0.396 e. The zero-order valence-electron chi connectivity index (χ0n) is 15.1. The van der Waals surface area contributed by atoms with E-state index in [0.717, 1.165) is 37.1 Å². The molecule has 2 N–H and O–H groups in total. The van der Waals surface area contributed by atoms with Crippen molar-refractivity contribution in [2.24, 2.45) is 5.41 Å². The van der Waals surface area contributed by atoms with Crippen LogP contribution in [0.25, 0.3) is 0 Å². The van der Waals surface area contributed by atoms with E-state index < -0.39 is 0 Å². The van der Waals surface area contributed by atoms with Gasteiger partial charge in [-0.05, 0) is 37.0 Å². The van der Waals surface area contributed by atoms with Crippen LogP contribution in [-0.4, -0.2) is 54.7 Å². The van der Waals surface area contributed by atoms with Gasteiger partial charge >= 0.3 is 6.03 Å². The number of anilines is 1. The lowest BCUT2D eigenvalue weighted by atomic mass is 9.77. The van der Waals surface area contributed by atoms with E-state index in [1.807, 2.05) is 35.2 Å². The number of benzene rings is 1. The Morgan fingerprint density at radius 2 is 2.08 bits per heavy atom. The number of allylic oxidation sites excluding steroid dienone is 1. The molecule has 140 valence electrons. The number of likely N-dealkylation sites (tertiary alicyclic amines) is 1. The molecule has 2 saturated heterocycles. The highest BCUT2D eigenvalue weighted by Crippen LogP contribution is 2.33. The first-order valence-corrected chi connectivity index (χ1v) is 9.21. The van der Waals surface area contributed by atoms with E-state index in [4.69, 9.17) is 0 Å². The van der Waals surface area contributed by atoms with Crippen LogP contribution in [-0.2, 0) is 11.2 Å². The second kappa shape index (κ2) is 7.91. The summed E-state index contributed by atoms with van der Waals surface area (Å²) in [7, 11) is 0. The molecule has 0 bridgehead atoms. The summed E-state index contributed by atoms with van der Waals surface area (Å²) in [6, 6.07) is 7.51. The number of urea groups is 1. The minimum Gasteiger partial charge on any atom is -0.396 e. The smallest absolute Gasteiger partial charge is 0.321 e. The molecule has 0 aromatic heterocycles. The van der Waals surface area contributed by atoms with E-state index in [9.17, 15) is 14.7 Å². The molecule has 0 radical (unpaired) electrons. The molecule has 0 unspecified atom stereocenters. The van der Waals surface area contributed by atoms with Crippen LogP contribution in [0.15, 0.2) is 36.9 Å². The van der Waals surface area contributed by atoms with Gasteiger partial charge in [-0.15, -0.1) is 6.58 Å². The summed E-state index contributed by atoms with van der Waals surface area (Å²) in [5.41, 5.74) is 1.53. The summed E-state index contributed by atoms with van der Waals surface area (Å²) >= 11 is 0. The minimum absolute atomic E-state index is 0.0788. The standard InChI is InChI=1S/C20H27N3O3/c1-2-8-20(15-24)9-3-11-22(14-20)18(25)13-16-4-6-17(7-5-16)23-12-10-21-19(23)26/h2,4-7,24H,1,3,8-15H2,(H,21,26)/t20-/m0/s1. The van der Waals surface area contributed by atoms with Crippen molar-refractivity contribution in [3.63, 3.8) is 0 Å². The molecule has 2 heterocycles. The third-order valence-corrected chi connectivity index (χ3v) is 5.39. The van der Waals surface area contributed by atoms with Crippen LogP contribution in [0.5, 0.6) is 0 Å². The molecule has 26 heavy (non-hydrogen) atoms. The van der Waals surface area contributed by atoms with Crippen LogP contribution in [0.3, 0.4) is 0 Å². The van der Waals surface area contributed by atoms with Crippen LogP contribution in [0, 0.1) is 5.41 Å². The van der Waals surface area contributed by atoms with Crippen molar-refractivity contribution < 1.29 is 14.7 Å². The number of aliphatic hydroxyl groups is 1. The van der Waals surface area contributed by atoms with Crippen LogP contribution < -0.4 is 10.2 Å². The van der Waals surface area contributed by atoms with Gasteiger partial charge in [0.15, 0.2) is 0 Å². The first kappa shape index (κ1) is 18.5. The number of carbonyl (C=O) groups is 2. The van der Waals surface area contributed by atoms with Crippen LogP contribution in [0.4, 0.5) is 10.5 Å². The Balaban J connectivity index is 1.62. The van der Waals surface area contributed by atoms with Crippen LogP contribution >= 0.6 is 0 Å². The molecule has 6 heteroatoms. The van der Waals surface area contributed by atoms with E-state index in [0.29, 0.717) is 26.1 Å². The summed E-state index contributed by atoms with van der Waals surface area (Å²) in [6.07, 6.45) is 4.72. The molecular weight excluding hydrogens is 330 g/mol. The number of rotatable bonds is 6. The number of nitrogens with zero attached hydrogens (tertiary/aromatic N) is 2. The van der Waals surface area contributed by atoms with E-state index >= 15 is 0 Å². The molecule has 2 aliphatic heterocycles. The minimum atomic E-state index is -0.247. The molecule has 0 spiro atoms. The number of aliphatic hydroxyl groups excluding tert-OH is 1. The predicted molar refractivity (Wildman–Crippen MR) is 101 cm³/mol. The molecular formula is C20H27N3O3. The summed E-state index contributed by atoms with van der Waals surface area (Å²) in [5.74, 6) is 0.0817. The Morgan fingerprint density at radius 3 is 2.69 bits per heavy atom. The second-order valence-electron chi connectivity index (χ2n) is 7.30. The lowest BCUT2D eigenvalue weighted by molar-refractivity contribution is -0.134. The molecule has 1 aromatic carbocycles. The van der Waals surface area contributed by atoms with Crippen LogP contribution in [0.2, 0.25) is 0 Å². The Labute approximate surface area is 154 Å². The number of hydrogen-bond donors (Lipinski definition) is 2. The van der Waals surface area contributed by atoms with Gasteiger partial charge in [-0.3, -0.25) is 9.69 Å². The topological polar surface area (TPSA) is 72.9 Å². The first-order chi connectivity index (χ1) is 12.6. The van der Waals surface area contributed by atoms with Crippen LogP contribution in [0.1, 0.15) is 24.8 Å². The van der Waals surface area contributed by atoms with Gasteiger partial charge in [0.05, 0.1) is 13.0 Å². The molecule has 0 saturated carbocycles. The zero-order valence-corrected chi connectivity index (χ0v) is 15.1. The Bertz CT molecular complexity index is 673. The van der Waals surface area contributed by atoms with Crippen molar-refractivity contribution in [2.45, 2.75) is 25.7 Å². The average Bonchev–Trinajstić information content (AvgIpc) is 3.09. The number of amides is 3. The maximum Gasteiger partial charge on any atom is 0.321 e. The second-order valence-corrected chi connectivity index (χ2v) is 7.30. The number of carbonyl (C=O) groups excluding carboxylic acids is 2. The highest BCUT2D eigenvalue weighted by Gasteiger charge is 2.35. The average molecular weight is 357 g/mol. The summed E-state index contributed by atoms with van der Waals surface area (Å²) in [6.45, 7) is 6.51. The molecule has 0 aliphatic carbocycles. The highest BCUT2D eigenvalue weighted by molar-refractivity contribution is 5.94. The summed E-state index contributed by atoms with van der Waals surface area (Å²) in [4.78, 5) is 28.0. The van der Waals surface area contributed by atoms with Gasteiger partial charge in [0.2, 0.25) is 5.91 Å². The lowest BCUT2D eigenvalue weighted by Gasteiger charge is -2.41. The number of nitrogens with one attached hydrogen (secondary N) is 1. The van der Waals surface area contributed by atoms with E-state index in [-0.39, 0.29) is 24.0 Å². The fourth-order valence-electron chi connectivity index (χ4n) is 3.89. The molecule has 3 amide bonds. The summed E-state index contributed by atoms with van der Waals surface area (Å²) < 4.78 is 0. The third kappa shape index (κ3) is 3.90. The highest BCUT2D eigenvalue weighted by atomic mass is 16.3. The molecule has 2 aliphatic rings. The monoisotopic (exact) mass is 357 g/mol. The lowest BCUT2D eigenvalue weighted by Crippen LogP contribution is -2.48. The Kier molecular flexibility index (Phi) is 5.61. The van der Waals surface area contributed by atoms with Crippen molar-refractivity contribution in [3.05, 3.63) is 42.5 Å². The molecule has 6 nitrogen and oxygen atoms in total. The quantitative estimate of drug-likeness (QED) is 0.764. The molecule has 3 rings (SSSR count). The van der Waals surface area contributed by atoms with Gasteiger partial charge in [0.25, 0.3) is 0 Å². The normalized spacial score (nSPS) is 23.0. The molecule has 1 aromatic rings. The zero-order chi connectivity index (χ0) is 18.6. The van der Waals surface area contributed by atoms with Gasteiger partial charge in [0.1, 0.15) is 0 Å². The van der Waals surface area contributed by atoms with Gasteiger partial charge in [-0.1, -0.05) is 18.2 Å². The third-order valence-electron chi connectivity index (χ3n) is 5.39. The van der Waals surface area contributed by atoms with Crippen molar-refractivity contribution in [1.29, 1.82) is 0 Å². The van der Waals surface area contributed by atoms with Gasteiger partial charge in [-0.25, -0.2) is 4.79 Å². The Hall–Kier alpha value is -2.34. The molecule has 1 atom stereocenters. The number of hydrogen-bond acceptors (Lipinski definition) is 3. The first-order valence-electron chi connectivity index (χ1n) is 9.21. The fourth-order valence-corrected chi connectivity index (χ4v) is 3.89. The van der Waals surface area contributed by atoms with Crippen molar-refractivity contribution in [3.8, 4) is 0 Å². The molecule has 2 fully saturated rings. The summed E-state index contributed by atoms with van der Waals surface area (Å²) in [5, 5.41) is 12.6. The predicted octanol–water partition coefficient (Wildman–Crippen LogP) is 1.94. The van der Waals surface area contributed by atoms with Crippen molar-refractivity contribution >= 4 is 17.6 Å². The maximum atomic E-state index is 12.7. The Morgan fingerprint density at radius 1 is 1.31 bits per heavy atom. The van der Waals surface area contributed by atoms with Gasteiger partial charge in [-0.2, -0.15) is 0 Å². The fraction of sp³-hybridized carbons (Fsp3) is 0.500. The SMILES string of the molecule is C=CC[C@]1(CO)CCCN(C(=O)Cc2ccc(N3CCNC3=O)cc2)C1. The van der Waals surface area contributed by atoms with Crippen molar-refractivity contribution in [1.82, 2.24) is 10.2 Å². The van der Waals surface area contributed by atoms with Gasteiger partial charge < -0.3 is 15.3 Å². The van der Waals surface area contributed by atoms with Crippen molar-refractivity contribution in [2.75, 3.05) is 37.7 Å². The van der Waals surface area contributed by atoms with E-state index in [2.05, 4.69) is 11.9 Å². The van der Waals surface area contributed by atoms with Gasteiger partial charge in [0, 0.05) is 37.3 Å². The maximum absolute atomic E-state index is 12.7.